The Labute approximate surface area is 117 Å². The molecular formula is C16H19FN2O. The summed E-state index contributed by atoms with van der Waals surface area (Å²) in [6.07, 6.45) is 1.71. The molecule has 0 atom stereocenters. The highest BCUT2D eigenvalue weighted by Crippen LogP contribution is 2.28. The SMILES string of the molecule is CCCc1cc(=O)[nH]c(C(C)(C)c2ccc(F)cc2)n1. The van der Waals surface area contributed by atoms with Crippen LogP contribution >= 0.6 is 0 Å². The summed E-state index contributed by atoms with van der Waals surface area (Å²) >= 11 is 0. The summed E-state index contributed by atoms with van der Waals surface area (Å²) in [4.78, 5) is 19.1. The number of hydrogen-bond acceptors (Lipinski definition) is 2. The van der Waals surface area contributed by atoms with Gasteiger partial charge in [-0.05, 0) is 38.0 Å². The number of aromatic amines is 1. The van der Waals surface area contributed by atoms with Crippen LogP contribution in [0.25, 0.3) is 0 Å². The zero-order valence-electron chi connectivity index (χ0n) is 12.0. The molecule has 0 aliphatic rings. The van der Waals surface area contributed by atoms with Crippen molar-refractivity contribution in [2.45, 2.75) is 39.0 Å². The lowest BCUT2D eigenvalue weighted by Gasteiger charge is -2.24. The third-order valence-electron chi connectivity index (χ3n) is 3.46. The van der Waals surface area contributed by atoms with Gasteiger partial charge in [-0.1, -0.05) is 25.5 Å². The molecule has 0 fully saturated rings. The van der Waals surface area contributed by atoms with Crippen LogP contribution in [0.5, 0.6) is 0 Å². The number of H-pyrrole nitrogens is 1. The second-order valence-corrected chi connectivity index (χ2v) is 5.47. The molecule has 2 rings (SSSR count). The predicted molar refractivity (Wildman–Crippen MR) is 77.4 cm³/mol. The van der Waals surface area contributed by atoms with Gasteiger partial charge in [0, 0.05) is 17.2 Å². The van der Waals surface area contributed by atoms with E-state index >= 15 is 0 Å². The van der Waals surface area contributed by atoms with Gasteiger partial charge >= 0.3 is 0 Å². The van der Waals surface area contributed by atoms with E-state index in [2.05, 4.69) is 9.97 Å². The minimum atomic E-state index is -0.476. The molecule has 0 radical (unpaired) electrons. The van der Waals surface area contributed by atoms with Gasteiger partial charge in [-0.15, -0.1) is 0 Å². The van der Waals surface area contributed by atoms with Crippen molar-refractivity contribution in [3.05, 3.63) is 63.6 Å². The highest BCUT2D eigenvalue weighted by Gasteiger charge is 2.26. The fourth-order valence-electron chi connectivity index (χ4n) is 2.19. The first-order chi connectivity index (χ1) is 9.43. The van der Waals surface area contributed by atoms with E-state index in [1.165, 1.54) is 18.2 Å². The fraction of sp³-hybridized carbons (Fsp3) is 0.375. The summed E-state index contributed by atoms with van der Waals surface area (Å²) < 4.78 is 13.0. The number of aromatic nitrogens is 2. The lowest BCUT2D eigenvalue weighted by Crippen LogP contribution is -2.27. The van der Waals surface area contributed by atoms with Crippen molar-refractivity contribution in [1.82, 2.24) is 9.97 Å². The lowest BCUT2D eigenvalue weighted by atomic mass is 9.83. The Morgan fingerprint density at radius 1 is 1.25 bits per heavy atom. The van der Waals surface area contributed by atoms with Crippen molar-refractivity contribution in [2.75, 3.05) is 0 Å². The number of benzene rings is 1. The quantitative estimate of drug-likeness (QED) is 0.930. The van der Waals surface area contributed by atoms with Gasteiger partial charge in [0.15, 0.2) is 0 Å². The molecule has 0 saturated heterocycles. The second-order valence-electron chi connectivity index (χ2n) is 5.47. The van der Waals surface area contributed by atoms with E-state index in [-0.39, 0.29) is 11.4 Å². The molecule has 1 aromatic heterocycles. The van der Waals surface area contributed by atoms with E-state index in [1.807, 2.05) is 20.8 Å². The van der Waals surface area contributed by atoms with Crippen LogP contribution in [0.1, 0.15) is 44.3 Å². The van der Waals surface area contributed by atoms with Crippen LogP contribution in [0, 0.1) is 5.82 Å². The van der Waals surface area contributed by atoms with Gasteiger partial charge in [-0.25, -0.2) is 9.37 Å². The molecule has 1 N–H and O–H groups in total. The Kier molecular flexibility index (Phi) is 4.02. The van der Waals surface area contributed by atoms with Crippen molar-refractivity contribution in [2.24, 2.45) is 0 Å². The lowest BCUT2D eigenvalue weighted by molar-refractivity contribution is 0.575. The topological polar surface area (TPSA) is 45.8 Å². The van der Waals surface area contributed by atoms with Crippen molar-refractivity contribution in [3.63, 3.8) is 0 Å². The minimum absolute atomic E-state index is 0.145. The third kappa shape index (κ3) is 2.95. The molecule has 0 saturated carbocycles. The number of nitrogens with zero attached hydrogens (tertiary/aromatic N) is 1. The Balaban J connectivity index is 2.47. The maximum Gasteiger partial charge on any atom is 0.251 e. The Bertz CT molecular complexity index is 644. The van der Waals surface area contributed by atoms with Crippen LogP contribution in [-0.4, -0.2) is 9.97 Å². The molecule has 0 unspecified atom stereocenters. The summed E-state index contributed by atoms with van der Waals surface area (Å²) in [7, 11) is 0. The number of hydrogen-bond donors (Lipinski definition) is 1. The van der Waals surface area contributed by atoms with Crippen molar-refractivity contribution in [1.29, 1.82) is 0 Å². The highest BCUT2D eigenvalue weighted by atomic mass is 19.1. The van der Waals surface area contributed by atoms with Crippen molar-refractivity contribution < 1.29 is 4.39 Å². The average Bonchev–Trinajstić information content (AvgIpc) is 2.39. The number of nitrogens with one attached hydrogen (secondary N) is 1. The van der Waals surface area contributed by atoms with Gasteiger partial charge in [0.1, 0.15) is 11.6 Å². The zero-order chi connectivity index (χ0) is 14.8. The molecule has 20 heavy (non-hydrogen) atoms. The van der Waals surface area contributed by atoms with Crippen LogP contribution in [-0.2, 0) is 11.8 Å². The largest absolute Gasteiger partial charge is 0.310 e. The van der Waals surface area contributed by atoms with Gasteiger partial charge in [-0.2, -0.15) is 0 Å². The summed E-state index contributed by atoms with van der Waals surface area (Å²) in [5.74, 6) is 0.339. The van der Waals surface area contributed by atoms with Crippen LogP contribution in [0.15, 0.2) is 35.1 Å². The van der Waals surface area contributed by atoms with E-state index < -0.39 is 5.41 Å². The molecule has 1 aromatic carbocycles. The monoisotopic (exact) mass is 274 g/mol. The number of rotatable bonds is 4. The standard InChI is InChI=1S/C16H19FN2O/c1-4-5-13-10-14(20)19-15(18-13)16(2,3)11-6-8-12(17)9-7-11/h6-10H,4-5H2,1-3H3,(H,18,19,20). The van der Waals surface area contributed by atoms with Crippen molar-refractivity contribution in [3.8, 4) is 0 Å². The van der Waals surface area contributed by atoms with Crippen molar-refractivity contribution >= 4 is 0 Å². The molecule has 0 aliphatic heterocycles. The van der Waals surface area contributed by atoms with Gasteiger partial charge in [0.25, 0.3) is 5.56 Å². The Morgan fingerprint density at radius 2 is 1.90 bits per heavy atom. The van der Waals surface area contributed by atoms with Gasteiger partial charge in [0.2, 0.25) is 0 Å². The van der Waals surface area contributed by atoms with Crippen LogP contribution in [0.2, 0.25) is 0 Å². The van der Waals surface area contributed by atoms with Crippen LogP contribution < -0.4 is 5.56 Å². The smallest absolute Gasteiger partial charge is 0.251 e. The maximum absolute atomic E-state index is 13.0. The minimum Gasteiger partial charge on any atom is -0.310 e. The fourth-order valence-corrected chi connectivity index (χ4v) is 2.19. The van der Waals surface area contributed by atoms with Gasteiger partial charge in [-0.3, -0.25) is 4.79 Å². The normalized spacial score (nSPS) is 11.6. The predicted octanol–water partition coefficient (Wildman–Crippen LogP) is 3.19. The summed E-state index contributed by atoms with van der Waals surface area (Å²) in [5.41, 5.74) is 1.09. The van der Waals surface area contributed by atoms with Gasteiger partial charge in [0.05, 0.1) is 0 Å². The molecule has 0 amide bonds. The molecule has 3 nitrogen and oxygen atoms in total. The van der Waals surface area contributed by atoms with Gasteiger partial charge < -0.3 is 4.98 Å². The Morgan fingerprint density at radius 3 is 2.50 bits per heavy atom. The maximum atomic E-state index is 13.0. The van der Waals surface area contributed by atoms with E-state index in [9.17, 15) is 9.18 Å². The molecule has 106 valence electrons. The number of aryl methyl sites for hydroxylation is 1. The molecule has 0 aliphatic carbocycles. The average molecular weight is 274 g/mol. The molecule has 0 spiro atoms. The molecule has 1 heterocycles. The van der Waals surface area contributed by atoms with Crippen LogP contribution in [0.3, 0.4) is 0 Å². The van der Waals surface area contributed by atoms with Crippen LogP contribution in [0.4, 0.5) is 4.39 Å². The molecule has 4 heteroatoms. The molecule has 2 aromatic rings. The first kappa shape index (κ1) is 14.4. The van der Waals surface area contributed by atoms with E-state index in [0.717, 1.165) is 24.1 Å². The summed E-state index contributed by atoms with van der Waals surface area (Å²) in [6, 6.07) is 7.83. The summed E-state index contributed by atoms with van der Waals surface area (Å²) in [5, 5.41) is 0. The summed E-state index contributed by atoms with van der Waals surface area (Å²) in [6.45, 7) is 5.98. The molecular weight excluding hydrogens is 255 g/mol. The Hall–Kier alpha value is -1.97. The second kappa shape index (κ2) is 5.57. The zero-order valence-corrected chi connectivity index (χ0v) is 12.0. The van der Waals surface area contributed by atoms with E-state index in [4.69, 9.17) is 0 Å². The first-order valence-corrected chi connectivity index (χ1v) is 6.80. The number of halogens is 1. The first-order valence-electron chi connectivity index (χ1n) is 6.80. The third-order valence-corrected chi connectivity index (χ3v) is 3.46. The highest BCUT2D eigenvalue weighted by molar-refractivity contribution is 5.31. The van der Waals surface area contributed by atoms with E-state index in [1.54, 1.807) is 12.1 Å². The van der Waals surface area contributed by atoms with E-state index in [0.29, 0.717) is 5.82 Å². The molecule has 0 bridgehead atoms.